The molecule has 0 aliphatic heterocycles. The third-order valence-electron chi connectivity index (χ3n) is 2.97. The van der Waals surface area contributed by atoms with Crippen LogP contribution in [-0.2, 0) is 4.74 Å². The molecular weight excluding hydrogens is 367 g/mol. The van der Waals surface area contributed by atoms with Crippen molar-refractivity contribution in [2.45, 2.75) is 32.6 Å². The molecule has 0 rings (SSSR count). The molecule has 122 valence electrons. The number of hydrogen-bond donors (Lipinski definition) is 2. The Morgan fingerprint density at radius 1 is 1.10 bits per heavy atom. The van der Waals surface area contributed by atoms with E-state index in [2.05, 4.69) is 34.5 Å². The highest BCUT2D eigenvalue weighted by Gasteiger charge is 2.00. The SMILES string of the molecule is CCCCCNC(=NC)NCCN(C)CCCOC.I. The van der Waals surface area contributed by atoms with E-state index >= 15 is 0 Å². The highest BCUT2D eigenvalue weighted by atomic mass is 127. The maximum Gasteiger partial charge on any atom is 0.191 e. The van der Waals surface area contributed by atoms with Gasteiger partial charge in [-0.2, -0.15) is 0 Å². The minimum absolute atomic E-state index is 0. The molecule has 0 bridgehead atoms. The van der Waals surface area contributed by atoms with E-state index < -0.39 is 0 Å². The highest BCUT2D eigenvalue weighted by Crippen LogP contribution is 1.91. The number of rotatable bonds is 11. The molecule has 0 unspecified atom stereocenters. The lowest BCUT2D eigenvalue weighted by Gasteiger charge is -2.18. The van der Waals surface area contributed by atoms with Crippen molar-refractivity contribution < 1.29 is 4.74 Å². The fourth-order valence-electron chi connectivity index (χ4n) is 1.76. The Morgan fingerprint density at radius 2 is 1.80 bits per heavy atom. The van der Waals surface area contributed by atoms with Gasteiger partial charge >= 0.3 is 0 Å². The van der Waals surface area contributed by atoms with E-state index in [0.717, 1.165) is 45.2 Å². The monoisotopic (exact) mass is 400 g/mol. The molecule has 0 spiro atoms. The second kappa shape index (κ2) is 17.0. The van der Waals surface area contributed by atoms with Gasteiger partial charge in [0.25, 0.3) is 0 Å². The van der Waals surface area contributed by atoms with Crippen LogP contribution in [0, 0.1) is 0 Å². The minimum atomic E-state index is 0. The summed E-state index contributed by atoms with van der Waals surface area (Å²) in [4.78, 5) is 6.52. The third-order valence-corrected chi connectivity index (χ3v) is 2.97. The molecule has 0 aromatic heterocycles. The second-order valence-electron chi connectivity index (χ2n) is 4.78. The van der Waals surface area contributed by atoms with E-state index in [1.165, 1.54) is 19.3 Å². The van der Waals surface area contributed by atoms with Crippen molar-refractivity contribution >= 4 is 29.9 Å². The lowest BCUT2D eigenvalue weighted by Crippen LogP contribution is -2.41. The number of nitrogens with zero attached hydrogens (tertiary/aromatic N) is 2. The molecule has 5 nitrogen and oxygen atoms in total. The Hall–Kier alpha value is -0.0800. The number of aliphatic imine (C=N–C) groups is 1. The first-order chi connectivity index (χ1) is 9.24. The van der Waals surface area contributed by atoms with E-state index in [0.29, 0.717) is 0 Å². The Kier molecular flexibility index (Phi) is 18.8. The van der Waals surface area contributed by atoms with Crippen LogP contribution in [0.1, 0.15) is 32.6 Å². The highest BCUT2D eigenvalue weighted by molar-refractivity contribution is 14.0. The quantitative estimate of drug-likeness (QED) is 0.241. The van der Waals surface area contributed by atoms with Crippen LogP contribution in [0.4, 0.5) is 0 Å². The van der Waals surface area contributed by atoms with Crippen molar-refractivity contribution in [2.75, 3.05) is 54.0 Å². The molecule has 0 amide bonds. The van der Waals surface area contributed by atoms with Gasteiger partial charge in [0, 0.05) is 46.9 Å². The maximum atomic E-state index is 5.05. The van der Waals surface area contributed by atoms with Crippen LogP contribution in [-0.4, -0.2) is 64.9 Å². The van der Waals surface area contributed by atoms with E-state index in [-0.39, 0.29) is 24.0 Å². The zero-order chi connectivity index (χ0) is 14.3. The molecule has 6 heteroatoms. The number of methoxy groups -OCH3 is 1. The van der Waals surface area contributed by atoms with Gasteiger partial charge in [-0.15, -0.1) is 24.0 Å². The summed E-state index contributed by atoms with van der Waals surface area (Å²) in [5, 5.41) is 6.66. The van der Waals surface area contributed by atoms with Crippen molar-refractivity contribution in [2.24, 2.45) is 4.99 Å². The number of guanidine groups is 1. The Morgan fingerprint density at radius 3 is 2.40 bits per heavy atom. The van der Waals surface area contributed by atoms with E-state index in [4.69, 9.17) is 4.74 Å². The number of likely N-dealkylation sites (N-methyl/N-ethyl adjacent to an activating group) is 1. The molecule has 0 aromatic carbocycles. The summed E-state index contributed by atoms with van der Waals surface area (Å²) in [7, 11) is 5.70. The molecule has 2 N–H and O–H groups in total. The molecular formula is C14H33IN4O. The van der Waals surface area contributed by atoms with Gasteiger partial charge in [-0.3, -0.25) is 4.99 Å². The average Bonchev–Trinajstić information content (AvgIpc) is 2.41. The van der Waals surface area contributed by atoms with E-state index in [1.54, 1.807) is 7.11 Å². The summed E-state index contributed by atoms with van der Waals surface area (Å²) in [6, 6.07) is 0. The second-order valence-corrected chi connectivity index (χ2v) is 4.78. The molecule has 0 aliphatic carbocycles. The summed E-state index contributed by atoms with van der Waals surface area (Å²) in [5.41, 5.74) is 0. The van der Waals surface area contributed by atoms with E-state index in [9.17, 15) is 0 Å². The fourth-order valence-corrected chi connectivity index (χ4v) is 1.76. The number of ether oxygens (including phenoxy) is 1. The van der Waals surface area contributed by atoms with Gasteiger partial charge < -0.3 is 20.3 Å². The zero-order valence-corrected chi connectivity index (χ0v) is 15.9. The number of halogens is 1. The molecule has 0 fully saturated rings. The zero-order valence-electron chi connectivity index (χ0n) is 13.6. The van der Waals surface area contributed by atoms with Crippen LogP contribution in [0.5, 0.6) is 0 Å². The first kappa shape index (κ1) is 22.2. The van der Waals surface area contributed by atoms with Gasteiger partial charge in [-0.05, 0) is 19.9 Å². The predicted octanol–water partition coefficient (Wildman–Crippen LogP) is 1.93. The van der Waals surface area contributed by atoms with E-state index in [1.807, 2.05) is 7.05 Å². The predicted molar refractivity (Wildman–Crippen MR) is 98.3 cm³/mol. The number of unbranched alkanes of at least 4 members (excludes halogenated alkanes) is 2. The first-order valence-electron chi connectivity index (χ1n) is 7.36. The lowest BCUT2D eigenvalue weighted by atomic mass is 10.2. The van der Waals surface area contributed by atoms with Crippen molar-refractivity contribution in [3.8, 4) is 0 Å². The third kappa shape index (κ3) is 14.3. The summed E-state index contributed by atoms with van der Waals surface area (Å²) in [6.45, 7) is 7.04. The van der Waals surface area contributed by atoms with Crippen molar-refractivity contribution in [3.05, 3.63) is 0 Å². The van der Waals surface area contributed by atoms with Gasteiger partial charge in [0.2, 0.25) is 0 Å². The smallest absolute Gasteiger partial charge is 0.191 e. The summed E-state index contributed by atoms with van der Waals surface area (Å²) in [5.74, 6) is 0.904. The normalized spacial score (nSPS) is 11.3. The lowest BCUT2D eigenvalue weighted by molar-refractivity contribution is 0.180. The van der Waals surface area contributed by atoms with Crippen LogP contribution >= 0.6 is 24.0 Å². The molecule has 0 aromatic rings. The standard InChI is InChI=1S/C14H32N4O.HI/c1-5-6-7-9-16-14(15-2)17-10-12-18(3)11-8-13-19-4;/h5-13H2,1-4H3,(H2,15,16,17);1H. The first-order valence-corrected chi connectivity index (χ1v) is 7.36. The van der Waals surface area contributed by atoms with Crippen LogP contribution in [0.15, 0.2) is 4.99 Å². The Bertz CT molecular complexity index is 227. The topological polar surface area (TPSA) is 48.9 Å². The number of nitrogens with one attached hydrogen (secondary N) is 2. The number of hydrogen-bond acceptors (Lipinski definition) is 3. The largest absolute Gasteiger partial charge is 0.385 e. The molecule has 0 radical (unpaired) electrons. The molecule has 0 aliphatic rings. The minimum Gasteiger partial charge on any atom is -0.385 e. The molecule has 0 heterocycles. The molecule has 0 saturated heterocycles. The van der Waals surface area contributed by atoms with Gasteiger partial charge in [0.15, 0.2) is 5.96 Å². The Labute approximate surface area is 141 Å². The Balaban J connectivity index is 0. The fraction of sp³-hybridized carbons (Fsp3) is 0.929. The van der Waals surface area contributed by atoms with Crippen molar-refractivity contribution in [1.82, 2.24) is 15.5 Å². The van der Waals surface area contributed by atoms with Crippen LogP contribution in [0.25, 0.3) is 0 Å². The van der Waals surface area contributed by atoms with Crippen LogP contribution < -0.4 is 10.6 Å². The summed E-state index contributed by atoms with van der Waals surface area (Å²) >= 11 is 0. The molecule has 0 saturated carbocycles. The van der Waals surface area contributed by atoms with Gasteiger partial charge in [-0.25, -0.2) is 0 Å². The van der Waals surface area contributed by atoms with Crippen LogP contribution in [0.2, 0.25) is 0 Å². The average molecular weight is 400 g/mol. The van der Waals surface area contributed by atoms with Crippen molar-refractivity contribution in [1.29, 1.82) is 0 Å². The van der Waals surface area contributed by atoms with Gasteiger partial charge in [0.05, 0.1) is 0 Å². The molecule has 20 heavy (non-hydrogen) atoms. The van der Waals surface area contributed by atoms with Gasteiger partial charge in [-0.1, -0.05) is 19.8 Å². The summed E-state index contributed by atoms with van der Waals surface area (Å²) < 4.78 is 5.05. The van der Waals surface area contributed by atoms with Crippen molar-refractivity contribution in [3.63, 3.8) is 0 Å². The summed E-state index contributed by atoms with van der Waals surface area (Å²) in [6.07, 6.45) is 4.80. The maximum absolute atomic E-state index is 5.05. The van der Waals surface area contributed by atoms with Crippen LogP contribution in [0.3, 0.4) is 0 Å². The van der Waals surface area contributed by atoms with Gasteiger partial charge in [0.1, 0.15) is 0 Å². The molecule has 0 atom stereocenters.